The first-order valence-corrected chi connectivity index (χ1v) is 5.24. The van der Waals surface area contributed by atoms with Gasteiger partial charge in [0, 0.05) is 6.42 Å². The Hall–Kier alpha value is -0.720. The topological polar surface area (TPSA) is 9.23 Å². The number of allylic oxidation sites excluding steroid dienone is 4. The molecule has 0 unspecified atom stereocenters. The summed E-state index contributed by atoms with van der Waals surface area (Å²) in [5.41, 5.74) is 1.53. The highest BCUT2D eigenvalue weighted by molar-refractivity contribution is 5.29. The van der Waals surface area contributed by atoms with E-state index < -0.39 is 0 Å². The van der Waals surface area contributed by atoms with Gasteiger partial charge in [0.2, 0.25) is 0 Å². The van der Waals surface area contributed by atoms with Crippen molar-refractivity contribution in [3.05, 3.63) is 23.5 Å². The first-order chi connectivity index (χ1) is 6.29. The Balaban J connectivity index is 2.17. The van der Waals surface area contributed by atoms with Crippen LogP contribution in [0.1, 0.15) is 32.6 Å². The molecule has 0 saturated heterocycles. The number of fused-ring (bicyclic) bond motifs is 1. The average molecular weight is 178 g/mol. The van der Waals surface area contributed by atoms with Crippen molar-refractivity contribution in [1.29, 1.82) is 0 Å². The van der Waals surface area contributed by atoms with Gasteiger partial charge >= 0.3 is 0 Å². The van der Waals surface area contributed by atoms with E-state index in [1.807, 2.05) is 0 Å². The van der Waals surface area contributed by atoms with Gasteiger partial charge in [-0.25, -0.2) is 0 Å². The molecule has 0 N–H and O–H groups in total. The van der Waals surface area contributed by atoms with Gasteiger partial charge in [-0.15, -0.1) is 0 Å². The molecule has 0 fully saturated rings. The predicted octanol–water partition coefficient (Wildman–Crippen LogP) is 3.28. The zero-order chi connectivity index (χ0) is 9.26. The van der Waals surface area contributed by atoms with Crippen molar-refractivity contribution in [1.82, 2.24) is 0 Å². The number of rotatable bonds is 1. The van der Waals surface area contributed by atoms with E-state index in [1.165, 1.54) is 24.8 Å². The summed E-state index contributed by atoms with van der Waals surface area (Å²) in [6.07, 6.45) is 9.69. The van der Waals surface area contributed by atoms with Crippen LogP contribution in [-0.4, -0.2) is 7.11 Å². The van der Waals surface area contributed by atoms with Crippen LogP contribution in [0, 0.1) is 11.8 Å². The molecule has 0 radical (unpaired) electrons. The second kappa shape index (κ2) is 3.57. The van der Waals surface area contributed by atoms with Gasteiger partial charge in [0.25, 0.3) is 0 Å². The molecule has 0 bridgehead atoms. The van der Waals surface area contributed by atoms with Crippen LogP contribution in [-0.2, 0) is 4.74 Å². The van der Waals surface area contributed by atoms with Gasteiger partial charge in [-0.05, 0) is 42.7 Å². The maximum atomic E-state index is 5.29. The highest BCUT2D eigenvalue weighted by atomic mass is 16.5. The third-order valence-corrected chi connectivity index (χ3v) is 3.24. The molecule has 0 aromatic rings. The Morgan fingerprint density at radius 2 is 2.31 bits per heavy atom. The van der Waals surface area contributed by atoms with Crippen molar-refractivity contribution in [3.63, 3.8) is 0 Å². The van der Waals surface area contributed by atoms with E-state index in [4.69, 9.17) is 4.74 Å². The van der Waals surface area contributed by atoms with Crippen LogP contribution in [0.25, 0.3) is 0 Å². The Morgan fingerprint density at radius 1 is 1.46 bits per heavy atom. The highest BCUT2D eigenvalue weighted by Crippen LogP contribution is 2.37. The summed E-state index contributed by atoms with van der Waals surface area (Å²) in [5.74, 6) is 2.87. The van der Waals surface area contributed by atoms with Crippen molar-refractivity contribution in [2.45, 2.75) is 32.6 Å². The van der Waals surface area contributed by atoms with E-state index in [2.05, 4.69) is 19.1 Å². The minimum Gasteiger partial charge on any atom is -0.501 e. The molecule has 2 rings (SSSR count). The normalized spacial score (nSPS) is 33.1. The summed E-state index contributed by atoms with van der Waals surface area (Å²) in [6, 6.07) is 0. The lowest BCUT2D eigenvalue weighted by molar-refractivity contribution is 0.255. The summed E-state index contributed by atoms with van der Waals surface area (Å²) in [5, 5.41) is 0. The number of hydrogen-bond acceptors (Lipinski definition) is 1. The maximum Gasteiger partial charge on any atom is 0.0958 e. The van der Waals surface area contributed by atoms with E-state index in [9.17, 15) is 0 Å². The molecule has 0 saturated carbocycles. The first kappa shape index (κ1) is 8.86. The van der Waals surface area contributed by atoms with Gasteiger partial charge in [0.15, 0.2) is 0 Å². The fourth-order valence-corrected chi connectivity index (χ4v) is 2.42. The zero-order valence-corrected chi connectivity index (χ0v) is 8.55. The first-order valence-electron chi connectivity index (χ1n) is 5.24. The summed E-state index contributed by atoms with van der Waals surface area (Å²) in [4.78, 5) is 0. The Bertz CT molecular complexity index is 250. The fourth-order valence-electron chi connectivity index (χ4n) is 2.42. The minimum atomic E-state index is 0.822. The van der Waals surface area contributed by atoms with Crippen LogP contribution in [0.2, 0.25) is 0 Å². The predicted molar refractivity (Wildman–Crippen MR) is 54.3 cm³/mol. The third kappa shape index (κ3) is 1.79. The molecule has 13 heavy (non-hydrogen) atoms. The van der Waals surface area contributed by atoms with Crippen LogP contribution in [0.5, 0.6) is 0 Å². The molecule has 1 heteroatoms. The lowest BCUT2D eigenvalue weighted by atomic mass is 9.77. The second-order valence-electron chi connectivity index (χ2n) is 4.33. The summed E-state index contributed by atoms with van der Waals surface area (Å²) in [6.45, 7) is 2.35. The monoisotopic (exact) mass is 178 g/mol. The lowest BCUT2D eigenvalue weighted by Gasteiger charge is -2.30. The van der Waals surface area contributed by atoms with Crippen LogP contribution >= 0.6 is 0 Å². The Labute approximate surface area is 80.5 Å². The van der Waals surface area contributed by atoms with E-state index in [0.717, 1.165) is 24.0 Å². The molecule has 0 aromatic carbocycles. The molecule has 0 spiro atoms. The summed E-state index contributed by atoms with van der Waals surface area (Å²) in [7, 11) is 1.78. The van der Waals surface area contributed by atoms with Gasteiger partial charge in [-0.1, -0.05) is 13.0 Å². The van der Waals surface area contributed by atoms with E-state index >= 15 is 0 Å². The van der Waals surface area contributed by atoms with E-state index in [-0.39, 0.29) is 0 Å². The maximum absolute atomic E-state index is 5.29. The Kier molecular flexibility index (Phi) is 2.43. The van der Waals surface area contributed by atoms with Crippen molar-refractivity contribution in [2.75, 3.05) is 7.11 Å². The van der Waals surface area contributed by atoms with Crippen molar-refractivity contribution in [3.8, 4) is 0 Å². The highest BCUT2D eigenvalue weighted by Gasteiger charge is 2.24. The van der Waals surface area contributed by atoms with Crippen LogP contribution < -0.4 is 0 Å². The summed E-state index contributed by atoms with van der Waals surface area (Å²) >= 11 is 0. The Morgan fingerprint density at radius 3 is 3.08 bits per heavy atom. The third-order valence-electron chi connectivity index (χ3n) is 3.24. The van der Waals surface area contributed by atoms with E-state index in [1.54, 1.807) is 7.11 Å². The van der Waals surface area contributed by atoms with Crippen molar-refractivity contribution < 1.29 is 4.74 Å². The molecule has 0 aromatic heterocycles. The SMILES string of the molecule is COC1=CC2=CC[C@H](C)C[C@@H]2CC1. The standard InChI is InChI=1S/C12H18O/c1-9-3-4-11-8-12(13-2)6-5-10(11)7-9/h4,8-10H,3,5-7H2,1-2H3/t9-,10-/m0/s1. The molecular formula is C12H18O. The minimum absolute atomic E-state index is 0.822. The molecule has 0 amide bonds. The van der Waals surface area contributed by atoms with E-state index in [0.29, 0.717) is 0 Å². The molecule has 1 nitrogen and oxygen atoms in total. The quantitative estimate of drug-likeness (QED) is 0.598. The van der Waals surface area contributed by atoms with Crippen molar-refractivity contribution >= 4 is 0 Å². The molecule has 0 aliphatic heterocycles. The number of ether oxygens (including phenoxy) is 1. The second-order valence-corrected chi connectivity index (χ2v) is 4.33. The summed E-state index contributed by atoms with van der Waals surface area (Å²) < 4.78 is 5.29. The largest absolute Gasteiger partial charge is 0.501 e. The van der Waals surface area contributed by atoms with Gasteiger partial charge in [0.05, 0.1) is 12.9 Å². The van der Waals surface area contributed by atoms with Crippen LogP contribution in [0.4, 0.5) is 0 Å². The molecule has 2 atom stereocenters. The van der Waals surface area contributed by atoms with Crippen LogP contribution in [0.3, 0.4) is 0 Å². The lowest BCUT2D eigenvalue weighted by Crippen LogP contribution is -2.17. The smallest absolute Gasteiger partial charge is 0.0958 e. The van der Waals surface area contributed by atoms with Gasteiger partial charge < -0.3 is 4.74 Å². The zero-order valence-electron chi connectivity index (χ0n) is 8.55. The molecular weight excluding hydrogens is 160 g/mol. The number of hydrogen-bond donors (Lipinski definition) is 0. The van der Waals surface area contributed by atoms with Crippen molar-refractivity contribution in [2.24, 2.45) is 11.8 Å². The molecule has 0 heterocycles. The molecule has 2 aliphatic rings. The van der Waals surface area contributed by atoms with Crippen LogP contribution in [0.15, 0.2) is 23.5 Å². The van der Waals surface area contributed by atoms with Gasteiger partial charge in [-0.3, -0.25) is 0 Å². The number of methoxy groups -OCH3 is 1. The fraction of sp³-hybridized carbons (Fsp3) is 0.667. The van der Waals surface area contributed by atoms with Gasteiger partial charge in [-0.2, -0.15) is 0 Å². The molecule has 72 valence electrons. The average Bonchev–Trinajstić information content (AvgIpc) is 2.17. The van der Waals surface area contributed by atoms with Gasteiger partial charge in [0.1, 0.15) is 0 Å². The molecule has 2 aliphatic carbocycles.